The van der Waals surface area contributed by atoms with Crippen LogP contribution < -0.4 is 4.74 Å². The van der Waals surface area contributed by atoms with Crippen LogP contribution in [0.1, 0.15) is 21.6 Å². The number of thiophene rings is 1. The molecule has 0 aliphatic carbocycles. The Bertz CT molecular complexity index is 1470. The summed E-state index contributed by atoms with van der Waals surface area (Å²) >= 11 is 1.46. The molecule has 31 heavy (non-hydrogen) atoms. The minimum absolute atomic E-state index is 0.204. The highest BCUT2D eigenvalue weighted by Gasteiger charge is 2.20. The van der Waals surface area contributed by atoms with Crippen LogP contribution in [0.4, 0.5) is 0 Å². The predicted molar refractivity (Wildman–Crippen MR) is 129 cm³/mol. The van der Waals surface area contributed by atoms with Crippen LogP contribution in [0.25, 0.3) is 20.9 Å². The second-order valence-corrected chi connectivity index (χ2v) is 8.80. The molecule has 4 heteroatoms. The molecule has 3 nitrogen and oxygen atoms in total. The van der Waals surface area contributed by atoms with Crippen LogP contribution in [-0.2, 0) is 0 Å². The van der Waals surface area contributed by atoms with E-state index in [1.54, 1.807) is 12.1 Å². The van der Waals surface area contributed by atoms with Crippen LogP contribution >= 0.6 is 11.3 Å². The molecule has 0 saturated carbocycles. The maximum absolute atomic E-state index is 9.97. The quantitative estimate of drug-likeness (QED) is 0.293. The Hall–Kier alpha value is -3.63. The van der Waals surface area contributed by atoms with E-state index in [1.165, 1.54) is 22.3 Å². The van der Waals surface area contributed by atoms with Gasteiger partial charge in [-0.15, -0.1) is 11.3 Å². The highest BCUT2D eigenvalue weighted by atomic mass is 32.1. The molecule has 0 amide bonds. The second-order valence-electron chi connectivity index (χ2n) is 7.75. The first-order chi connectivity index (χ1) is 15.0. The molecule has 0 fully saturated rings. The summed E-state index contributed by atoms with van der Waals surface area (Å²) in [6.45, 7) is 4.09. The second kappa shape index (κ2) is 7.56. The van der Waals surface area contributed by atoms with Crippen LogP contribution in [0.3, 0.4) is 0 Å². The van der Waals surface area contributed by atoms with Crippen molar-refractivity contribution in [2.24, 2.45) is 0 Å². The zero-order valence-corrected chi connectivity index (χ0v) is 18.1. The van der Waals surface area contributed by atoms with E-state index in [-0.39, 0.29) is 5.75 Å². The number of benzene rings is 4. The Balaban J connectivity index is 1.65. The van der Waals surface area contributed by atoms with Crippen molar-refractivity contribution in [3.63, 3.8) is 0 Å². The summed E-state index contributed by atoms with van der Waals surface area (Å²) in [7, 11) is 0. The van der Waals surface area contributed by atoms with Crippen molar-refractivity contribution < 1.29 is 9.84 Å². The number of rotatable bonds is 4. The van der Waals surface area contributed by atoms with E-state index in [2.05, 4.69) is 31.2 Å². The summed E-state index contributed by atoms with van der Waals surface area (Å²) in [5, 5.41) is 22.1. The molecule has 0 radical (unpaired) electrons. The Kier molecular flexibility index (Phi) is 4.72. The summed E-state index contributed by atoms with van der Waals surface area (Å²) in [5.74, 6) is 1.58. The minimum atomic E-state index is 0.204. The fourth-order valence-electron chi connectivity index (χ4n) is 3.83. The van der Waals surface area contributed by atoms with Crippen molar-refractivity contribution in [1.29, 1.82) is 5.41 Å². The zero-order valence-electron chi connectivity index (χ0n) is 17.3. The molecule has 0 atom stereocenters. The monoisotopic (exact) mass is 423 g/mol. The molecule has 5 rings (SSSR count). The first-order valence-corrected chi connectivity index (χ1v) is 10.9. The Morgan fingerprint density at radius 1 is 0.871 bits per heavy atom. The van der Waals surface area contributed by atoms with Gasteiger partial charge in [0.05, 0.1) is 10.6 Å². The molecule has 152 valence electrons. The highest BCUT2D eigenvalue weighted by molar-refractivity contribution is 7.21. The van der Waals surface area contributed by atoms with Gasteiger partial charge in [-0.1, -0.05) is 54.1 Å². The molecule has 1 heterocycles. The third kappa shape index (κ3) is 3.56. The number of hydrogen-bond donors (Lipinski definition) is 2. The fraction of sp³-hybridized carbons (Fsp3) is 0.0741. The van der Waals surface area contributed by atoms with Gasteiger partial charge in [0.25, 0.3) is 0 Å². The molecule has 0 unspecified atom stereocenters. The number of ether oxygens (including phenoxy) is 1. The van der Waals surface area contributed by atoms with Crippen molar-refractivity contribution in [1.82, 2.24) is 0 Å². The van der Waals surface area contributed by atoms with Crippen LogP contribution in [0.2, 0.25) is 0 Å². The van der Waals surface area contributed by atoms with Crippen molar-refractivity contribution in [2.75, 3.05) is 0 Å². The van der Waals surface area contributed by atoms with Gasteiger partial charge < -0.3 is 9.84 Å². The summed E-state index contributed by atoms with van der Waals surface area (Å²) in [4.78, 5) is 0.749. The van der Waals surface area contributed by atoms with Crippen LogP contribution in [0.5, 0.6) is 17.2 Å². The van der Waals surface area contributed by atoms with Gasteiger partial charge in [0, 0.05) is 15.6 Å². The normalized spacial score (nSPS) is 11.2. The van der Waals surface area contributed by atoms with Gasteiger partial charge in [-0.25, -0.2) is 0 Å². The Morgan fingerprint density at radius 2 is 1.65 bits per heavy atom. The van der Waals surface area contributed by atoms with Gasteiger partial charge >= 0.3 is 0 Å². The summed E-state index contributed by atoms with van der Waals surface area (Å²) in [6, 6.07) is 25.5. The van der Waals surface area contributed by atoms with E-state index in [0.717, 1.165) is 37.2 Å². The number of aromatic hydroxyl groups is 1. The van der Waals surface area contributed by atoms with Crippen molar-refractivity contribution >= 4 is 37.9 Å². The Labute approximate surface area is 184 Å². The fourth-order valence-corrected chi connectivity index (χ4v) is 4.95. The van der Waals surface area contributed by atoms with Gasteiger partial charge in [-0.2, -0.15) is 0 Å². The molecule has 0 saturated heterocycles. The summed E-state index contributed by atoms with van der Waals surface area (Å²) < 4.78 is 7.30. The molecule has 5 aromatic rings. The smallest absolute Gasteiger partial charge is 0.155 e. The van der Waals surface area contributed by atoms with E-state index in [9.17, 15) is 5.11 Å². The van der Waals surface area contributed by atoms with E-state index >= 15 is 0 Å². The maximum Gasteiger partial charge on any atom is 0.155 e. The predicted octanol–water partition coefficient (Wildman–Crippen LogP) is 7.59. The van der Waals surface area contributed by atoms with Crippen molar-refractivity contribution in [3.05, 3.63) is 100 Å². The topological polar surface area (TPSA) is 53.3 Å². The number of fused-ring (bicyclic) bond motifs is 2. The maximum atomic E-state index is 9.97. The Morgan fingerprint density at radius 3 is 2.48 bits per heavy atom. The molecule has 2 N–H and O–H groups in total. The third-order valence-electron chi connectivity index (χ3n) is 5.46. The van der Waals surface area contributed by atoms with E-state index in [4.69, 9.17) is 10.1 Å². The SMILES string of the molecule is Cc1ccc2cc(Oc3c(C(=N)c4ccccc4C)sc4cc(O)ccc34)ccc2c1. The highest BCUT2D eigenvalue weighted by Crippen LogP contribution is 2.43. The molecule has 0 aliphatic rings. The molecule has 0 bridgehead atoms. The molecule has 0 spiro atoms. The van der Waals surface area contributed by atoms with Gasteiger partial charge in [0.1, 0.15) is 11.5 Å². The first kappa shape index (κ1) is 19.3. The number of nitrogens with one attached hydrogen (secondary N) is 1. The molecule has 0 aliphatic heterocycles. The summed E-state index contributed by atoms with van der Waals surface area (Å²) in [5.41, 5.74) is 3.56. The molecule has 1 aromatic heterocycles. The molecular formula is C27H21NO2S. The average molecular weight is 424 g/mol. The number of phenols is 1. The number of aryl methyl sites for hydroxylation is 2. The van der Waals surface area contributed by atoms with Crippen LogP contribution in [0.15, 0.2) is 78.9 Å². The largest absolute Gasteiger partial charge is 0.508 e. The van der Waals surface area contributed by atoms with E-state index in [1.807, 2.05) is 49.4 Å². The van der Waals surface area contributed by atoms with Gasteiger partial charge in [0.2, 0.25) is 0 Å². The zero-order chi connectivity index (χ0) is 21.5. The standard InChI is InChI=1S/C27H21NO2S/c1-16-7-8-19-14-21(11-9-18(19)13-16)30-26-23-12-10-20(29)15-24(23)31-27(26)25(28)22-6-4-3-5-17(22)2/h3-15,28-29H,1-2H3. The number of hydrogen-bond acceptors (Lipinski definition) is 4. The van der Waals surface area contributed by atoms with Gasteiger partial charge in [-0.3, -0.25) is 5.41 Å². The van der Waals surface area contributed by atoms with Gasteiger partial charge in [-0.05, 0) is 60.5 Å². The number of phenolic OH excluding ortho intramolecular Hbond substituents is 1. The van der Waals surface area contributed by atoms with Crippen LogP contribution in [-0.4, -0.2) is 10.8 Å². The third-order valence-corrected chi connectivity index (χ3v) is 6.61. The lowest BCUT2D eigenvalue weighted by molar-refractivity contribution is 0.476. The lowest BCUT2D eigenvalue weighted by Gasteiger charge is -2.11. The molecular weight excluding hydrogens is 402 g/mol. The van der Waals surface area contributed by atoms with Crippen LogP contribution in [0, 0.1) is 19.3 Å². The van der Waals surface area contributed by atoms with Crippen molar-refractivity contribution in [3.8, 4) is 17.2 Å². The summed E-state index contributed by atoms with van der Waals surface area (Å²) in [6.07, 6.45) is 0. The molecule has 4 aromatic carbocycles. The van der Waals surface area contributed by atoms with Gasteiger partial charge in [0.15, 0.2) is 5.75 Å². The lowest BCUT2D eigenvalue weighted by Crippen LogP contribution is -2.03. The first-order valence-electron chi connectivity index (χ1n) is 10.1. The van der Waals surface area contributed by atoms with E-state index in [0.29, 0.717) is 11.5 Å². The average Bonchev–Trinajstić information content (AvgIpc) is 3.11. The van der Waals surface area contributed by atoms with Crippen molar-refractivity contribution in [2.45, 2.75) is 13.8 Å². The van der Waals surface area contributed by atoms with E-state index < -0.39 is 0 Å². The lowest BCUT2D eigenvalue weighted by atomic mass is 10.0. The minimum Gasteiger partial charge on any atom is -0.508 e.